The Hall–Kier alpha value is -5.70. The van der Waals surface area contributed by atoms with Crippen molar-refractivity contribution >= 4 is 29.9 Å². The Morgan fingerprint density at radius 2 is 1.12 bits per heavy atom. The molecule has 0 bridgehead atoms. The smallest absolute Gasteiger partial charge is 0.336 e. The van der Waals surface area contributed by atoms with E-state index in [2.05, 4.69) is 0 Å². The fraction of sp³-hybridized carbons (Fsp3) is 0.0625. The molecule has 41 heavy (non-hydrogen) atoms. The number of amides is 1. The van der Waals surface area contributed by atoms with Gasteiger partial charge < -0.3 is 25.0 Å². The van der Waals surface area contributed by atoms with Crippen molar-refractivity contribution in [3.8, 4) is 11.5 Å². The van der Waals surface area contributed by atoms with Crippen LogP contribution in [0, 0.1) is 0 Å². The molecular formula is C32H25NO8. The normalized spacial score (nSPS) is 10.7. The van der Waals surface area contributed by atoms with E-state index in [4.69, 9.17) is 4.74 Å². The topological polar surface area (TPSA) is 141 Å². The summed E-state index contributed by atoms with van der Waals surface area (Å²) >= 11 is 0. The number of aromatic carboxylic acids is 3. The van der Waals surface area contributed by atoms with Gasteiger partial charge in [0.15, 0.2) is 0 Å². The first-order valence-electron chi connectivity index (χ1n) is 12.4. The van der Waals surface area contributed by atoms with Crippen molar-refractivity contribution in [2.24, 2.45) is 0 Å². The van der Waals surface area contributed by atoms with Crippen molar-refractivity contribution in [2.45, 2.75) is 6.54 Å². The molecule has 4 aromatic carbocycles. The number of carboxylic acid groups (broad SMARTS) is 3. The highest BCUT2D eigenvalue weighted by Crippen LogP contribution is 2.24. The average molecular weight is 552 g/mol. The maximum Gasteiger partial charge on any atom is 0.336 e. The molecule has 0 heterocycles. The van der Waals surface area contributed by atoms with E-state index in [1.54, 1.807) is 36.4 Å². The average Bonchev–Trinajstić information content (AvgIpc) is 2.97. The Kier molecular flexibility index (Phi) is 8.91. The molecule has 0 atom stereocenters. The molecular weight excluding hydrogens is 526 g/mol. The molecule has 0 aliphatic rings. The van der Waals surface area contributed by atoms with Crippen LogP contribution in [0.5, 0.6) is 11.5 Å². The number of carbonyl (C=O) groups is 4. The van der Waals surface area contributed by atoms with Crippen LogP contribution in [0.4, 0.5) is 0 Å². The second-order valence-electron chi connectivity index (χ2n) is 8.92. The van der Waals surface area contributed by atoms with Crippen molar-refractivity contribution < 1.29 is 39.2 Å². The zero-order valence-corrected chi connectivity index (χ0v) is 21.6. The molecule has 0 saturated heterocycles. The molecule has 206 valence electrons. The summed E-state index contributed by atoms with van der Waals surface area (Å²) in [6.07, 6.45) is 3.52. The molecule has 3 N–H and O–H groups in total. The van der Waals surface area contributed by atoms with Gasteiger partial charge in [0, 0.05) is 13.1 Å². The van der Waals surface area contributed by atoms with Gasteiger partial charge in [-0.2, -0.15) is 0 Å². The van der Waals surface area contributed by atoms with Crippen LogP contribution in [-0.4, -0.2) is 50.6 Å². The third-order valence-corrected chi connectivity index (χ3v) is 6.08. The van der Waals surface area contributed by atoms with Crippen LogP contribution in [-0.2, 0) is 6.54 Å². The van der Waals surface area contributed by atoms with E-state index in [0.717, 1.165) is 11.6 Å². The van der Waals surface area contributed by atoms with Gasteiger partial charge >= 0.3 is 17.9 Å². The molecule has 0 unspecified atom stereocenters. The van der Waals surface area contributed by atoms with Crippen molar-refractivity contribution in [3.63, 3.8) is 0 Å². The summed E-state index contributed by atoms with van der Waals surface area (Å²) in [7, 11) is 0. The summed E-state index contributed by atoms with van der Waals surface area (Å²) in [4.78, 5) is 50.5. The summed E-state index contributed by atoms with van der Waals surface area (Å²) in [6.45, 7) is 0.101. The predicted octanol–water partition coefficient (Wildman–Crippen LogP) is 5.93. The van der Waals surface area contributed by atoms with E-state index in [1.165, 1.54) is 4.90 Å². The number of hydrogen-bond acceptors (Lipinski definition) is 5. The first-order chi connectivity index (χ1) is 19.7. The third-order valence-electron chi connectivity index (χ3n) is 6.08. The van der Waals surface area contributed by atoms with Gasteiger partial charge in [0.2, 0.25) is 0 Å². The molecule has 4 rings (SSSR count). The monoisotopic (exact) mass is 551 g/mol. The Balaban J connectivity index is 1.67. The summed E-state index contributed by atoms with van der Waals surface area (Å²) in [5, 5.41) is 28.7. The molecule has 0 saturated carbocycles. The maximum absolute atomic E-state index is 13.7. The van der Waals surface area contributed by atoms with E-state index in [1.807, 2.05) is 60.7 Å². The van der Waals surface area contributed by atoms with Crippen LogP contribution >= 0.6 is 0 Å². The fourth-order valence-corrected chi connectivity index (χ4v) is 4.09. The minimum atomic E-state index is -1.62. The molecule has 0 radical (unpaired) electrons. The van der Waals surface area contributed by atoms with E-state index in [0.29, 0.717) is 23.1 Å². The minimum Gasteiger partial charge on any atom is -0.478 e. The lowest BCUT2D eigenvalue weighted by Gasteiger charge is -2.23. The van der Waals surface area contributed by atoms with E-state index >= 15 is 0 Å². The number of rotatable bonds is 11. The third kappa shape index (κ3) is 7.24. The molecule has 1 amide bonds. The fourth-order valence-electron chi connectivity index (χ4n) is 4.09. The van der Waals surface area contributed by atoms with Gasteiger partial charge in [-0.1, -0.05) is 72.8 Å². The molecule has 0 spiro atoms. The lowest BCUT2D eigenvalue weighted by Crippen LogP contribution is -2.32. The number of ether oxygens (including phenoxy) is 1. The van der Waals surface area contributed by atoms with Crippen LogP contribution in [0.3, 0.4) is 0 Å². The van der Waals surface area contributed by atoms with Crippen molar-refractivity contribution in [1.82, 2.24) is 4.90 Å². The number of para-hydroxylation sites is 1. The summed E-state index contributed by atoms with van der Waals surface area (Å²) < 4.78 is 5.82. The second-order valence-corrected chi connectivity index (χ2v) is 8.92. The minimum absolute atomic E-state index is 0.0473. The number of benzene rings is 4. The van der Waals surface area contributed by atoms with Crippen molar-refractivity contribution in [1.29, 1.82) is 0 Å². The van der Waals surface area contributed by atoms with Crippen LogP contribution in [0.1, 0.15) is 52.6 Å². The SMILES string of the molecule is O=C(O)c1cc(C(=O)O)c(C(=O)N(CC=Cc2ccccc2)Cc2ccc(Oc3ccccc3)cc2)cc1C(=O)O. The summed E-state index contributed by atoms with van der Waals surface area (Å²) in [5.41, 5.74) is -0.876. The van der Waals surface area contributed by atoms with Crippen LogP contribution in [0.2, 0.25) is 0 Å². The van der Waals surface area contributed by atoms with E-state index in [9.17, 15) is 34.5 Å². The van der Waals surface area contributed by atoms with Gasteiger partial charge in [-0.15, -0.1) is 0 Å². The van der Waals surface area contributed by atoms with Gasteiger partial charge in [0.1, 0.15) is 11.5 Å². The zero-order valence-electron chi connectivity index (χ0n) is 21.6. The van der Waals surface area contributed by atoms with E-state index < -0.39 is 46.1 Å². The highest BCUT2D eigenvalue weighted by Gasteiger charge is 2.27. The van der Waals surface area contributed by atoms with Gasteiger partial charge in [-0.05, 0) is 47.5 Å². The van der Waals surface area contributed by atoms with E-state index in [-0.39, 0.29) is 13.1 Å². The molecule has 9 nitrogen and oxygen atoms in total. The standard InChI is InChI=1S/C32H25NO8/c34-29(25-18-27(31(37)38)28(32(39)40)19-26(25)30(35)36)33(17-7-10-21-8-3-1-4-9-21)20-22-13-15-24(16-14-22)41-23-11-5-2-6-12-23/h1-16,18-19H,17,20H2,(H,35,36)(H,37,38)(H,39,40). The lowest BCUT2D eigenvalue weighted by molar-refractivity contribution is 0.0645. The predicted molar refractivity (Wildman–Crippen MR) is 150 cm³/mol. The van der Waals surface area contributed by atoms with Crippen molar-refractivity contribution in [3.05, 3.63) is 137 Å². The number of nitrogens with zero attached hydrogens (tertiary/aromatic N) is 1. The lowest BCUT2D eigenvalue weighted by atomic mass is 9.97. The Morgan fingerprint density at radius 3 is 1.68 bits per heavy atom. The molecule has 0 fully saturated rings. The van der Waals surface area contributed by atoms with Gasteiger partial charge in [0.05, 0.1) is 22.3 Å². The van der Waals surface area contributed by atoms with Crippen LogP contribution in [0.15, 0.2) is 103 Å². The van der Waals surface area contributed by atoms with Gasteiger partial charge in [-0.25, -0.2) is 14.4 Å². The molecule has 4 aromatic rings. The second kappa shape index (κ2) is 12.9. The maximum atomic E-state index is 13.7. The first kappa shape index (κ1) is 28.3. The summed E-state index contributed by atoms with van der Waals surface area (Å²) in [5.74, 6) is -4.32. The zero-order chi connectivity index (χ0) is 29.4. The summed E-state index contributed by atoms with van der Waals surface area (Å²) in [6, 6.07) is 27.0. The Labute approximate surface area is 235 Å². The molecule has 0 aliphatic carbocycles. The van der Waals surface area contributed by atoms with Gasteiger partial charge in [-0.3, -0.25) is 4.79 Å². The first-order valence-corrected chi connectivity index (χ1v) is 12.4. The molecule has 0 aliphatic heterocycles. The highest BCUT2D eigenvalue weighted by atomic mass is 16.5. The number of carboxylic acids is 3. The van der Waals surface area contributed by atoms with Crippen LogP contribution in [0.25, 0.3) is 6.08 Å². The van der Waals surface area contributed by atoms with Crippen molar-refractivity contribution in [2.75, 3.05) is 6.54 Å². The molecule has 0 aromatic heterocycles. The number of hydrogen-bond donors (Lipinski definition) is 3. The number of carbonyl (C=O) groups excluding carboxylic acids is 1. The quantitative estimate of drug-likeness (QED) is 0.208. The highest BCUT2D eigenvalue weighted by molar-refractivity contribution is 6.10. The molecule has 9 heteroatoms. The largest absolute Gasteiger partial charge is 0.478 e. The Morgan fingerprint density at radius 1 is 0.634 bits per heavy atom. The van der Waals surface area contributed by atoms with Crippen LogP contribution < -0.4 is 4.74 Å². The Bertz CT molecular complexity index is 1600. The van der Waals surface area contributed by atoms with Gasteiger partial charge in [0.25, 0.3) is 5.91 Å².